The lowest BCUT2D eigenvalue weighted by atomic mass is 10.1. The van der Waals surface area contributed by atoms with Crippen LogP contribution in [0.25, 0.3) is 0 Å². The van der Waals surface area contributed by atoms with Crippen LogP contribution in [0.2, 0.25) is 0 Å². The maximum Gasteiger partial charge on any atom is 0.254 e. The molecular formula is C9H12N2O3S. The van der Waals surface area contributed by atoms with Crippen molar-refractivity contribution in [1.29, 1.82) is 0 Å². The summed E-state index contributed by atoms with van der Waals surface area (Å²) >= 11 is 0. The molecule has 1 aromatic rings. The second-order valence-electron chi connectivity index (χ2n) is 3.13. The normalized spacial score (nSPS) is 13.2. The summed E-state index contributed by atoms with van der Waals surface area (Å²) < 4.78 is 23.4. The fraction of sp³-hybridized carbons (Fsp3) is 0.222. The van der Waals surface area contributed by atoms with Gasteiger partial charge in [-0.05, 0) is 5.56 Å². The van der Waals surface area contributed by atoms with Crippen molar-refractivity contribution in [1.82, 2.24) is 4.72 Å². The lowest BCUT2D eigenvalue weighted by Crippen LogP contribution is -2.37. The Morgan fingerprint density at radius 3 is 2.33 bits per heavy atom. The van der Waals surface area contributed by atoms with Gasteiger partial charge in [0.1, 0.15) is 6.04 Å². The van der Waals surface area contributed by atoms with Gasteiger partial charge in [-0.15, -0.1) is 0 Å². The van der Waals surface area contributed by atoms with Gasteiger partial charge in [-0.1, -0.05) is 30.3 Å². The molecule has 0 radical (unpaired) electrons. The quantitative estimate of drug-likeness (QED) is 0.747. The van der Waals surface area contributed by atoms with Crippen molar-refractivity contribution < 1.29 is 13.2 Å². The molecule has 1 amide bonds. The summed E-state index contributed by atoms with van der Waals surface area (Å²) in [5.41, 5.74) is 6.14. The average Bonchev–Trinajstić information content (AvgIpc) is 2.15. The van der Waals surface area contributed by atoms with E-state index in [1.54, 1.807) is 30.3 Å². The Balaban J connectivity index is 2.78. The van der Waals surface area contributed by atoms with Crippen LogP contribution >= 0.6 is 0 Å². The van der Waals surface area contributed by atoms with Gasteiger partial charge in [0.15, 0.2) is 0 Å². The van der Waals surface area contributed by atoms with E-state index in [0.717, 1.165) is 6.26 Å². The zero-order valence-electron chi connectivity index (χ0n) is 8.17. The Morgan fingerprint density at radius 2 is 1.87 bits per heavy atom. The molecule has 82 valence electrons. The summed E-state index contributed by atoms with van der Waals surface area (Å²) in [6, 6.07) is 7.58. The third-order valence-electron chi connectivity index (χ3n) is 1.73. The first kappa shape index (κ1) is 11.7. The molecule has 0 heterocycles. The van der Waals surface area contributed by atoms with Crippen LogP contribution in [-0.4, -0.2) is 20.6 Å². The lowest BCUT2D eigenvalue weighted by Gasteiger charge is -2.10. The highest BCUT2D eigenvalue weighted by Gasteiger charge is 2.18. The van der Waals surface area contributed by atoms with Crippen LogP contribution in [0.4, 0.5) is 0 Å². The third kappa shape index (κ3) is 3.69. The van der Waals surface area contributed by atoms with Crippen molar-refractivity contribution >= 4 is 15.9 Å². The predicted molar refractivity (Wildman–Crippen MR) is 56.4 cm³/mol. The van der Waals surface area contributed by atoms with Gasteiger partial charge < -0.3 is 5.73 Å². The number of nitrogens with two attached hydrogens (primary N) is 1. The number of hydrogen-bond acceptors (Lipinski definition) is 4. The van der Waals surface area contributed by atoms with Crippen molar-refractivity contribution in [2.24, 2.45) is 5.73 Å². The maximum absolute atomic E-state index is 11.3. The third-order valence-corrected chi connectivity index (χ3v) is 2.30. The van der Waals surface area contributed by atoms with Gasteiger partial charge in [-0.25, -0.2) is 8.42 Å². The highest BCUT2D eigenvalue weighted by atomic mass is 32.2. The van der Waals surface area contributed by atoms with Crippen LogP contribution in [-0.2, 0) is 14.8 Å². The predicted octanol–water partition coefficient (Wildman–Crippen LogP) is -0.238. The summed E-state index contributed by atoms with van der Waals surface area (Å²) in [5, 5.41) is 0. The molecule has 0 spiro atoms. The molecule has 1 rings (SSSR count). The van der Waals surface area contributed by atoms with Crippen molar-refractivity contribution in [2.75, 3.05) is 6.26 Å². The maximum atomic E-state index is 11.3. The Bertz CT molecular complexity index is 442. The van der Waals surface area contributed by atoms with E-state index in [2.05, 4.69) is 0 Å². The highest BCUT2D eigenvalue weighted by Crippen LogP contribution is 2.09. The Kier molecular flexibility index (Phi) is 3.43. The van der Waals surface area contributed by atoms with Gasteiger partial charge in [-0.3, -0.25) is 9.52 Å². The zero-order valence-corrected chi connectivity index (χ0v) is 8.99. The van der Waals surface area contributed by atoms with Gasteiger partial charge in [0, 0.05) is 0 Å². The lowest BCUT2D eigenvalue weighted by molar-refractivity contribution is -0.120. The number of carbonyl (C=O) groups is 1. The minimum absolute atomic E-state index is 0.568. The fourth-order valence-corrected chi connectivity index (χ4v) is 1.55. The Labute approximate surface area is 88.3 Å². The number of rotatable bonds is 3. The van der Waals surface area contributed by atoms with E-state index in [0.29, 0.717) is 5.56 Å². The number of nitrogens with one attached hydrogen (secondary N) is 1. The van der Waals surface area contributed by atoms with E-state index < -0.39 is 22.0 Å². The summed E-state index contributed by atoms with van der Waals surface area (Å²) in [6.45, 7) is 0. The molecule has 0 aromatic heterocycles. The molecule has 0 aliphatic carbocycles. The summed E-state index contributed by atoms with van der Waals surface area (Å²) in [5.74, 6) is -0.733. The largest absolute Gasteiger partial charge is 0.316 e. The number of amides is 1. The summed E-state index contributed by atoms with van der Waals surface area (Å²) in [4.78, 5) is 11.3. The van der Waals surface area contributed by atoms with Crippen LogP contribution < -0.4 is 10.5 Å². The molecule has 0 unspecified atom stereocenters. The summed E-state index contributed by atoms with van der Waals surface area (Å²) in [7, 11) is -3.56. The highest BCUT2D eigenvalue weighted by molar-refractivity contribution is 7.89. The van der Waals surface area contributed by atoms with Gasteiger partial charge in [0.05, 0.1) is 6.26 Å². The smallest absolute Gasteiger partial charge is 0.254 e. The first-order valence-corrected chi connectivity index (χ1v) is 6.11. The molecule has 0 aliphatic rings. The number of benzene rings is 1. The zero-order chi connectivity index (χ0) is 11.5. The number of hydrogen-bond donors (Lipinski definition) is 2. The molecule has 0 fully saturated rings. The van der Waals surface area contributed by atoms with E-state index in [9.17, 15) is 13.2 Å². The van der Waals surface area contributed by atoms with Crippen molar-refractivity contribution in [3.8, 4) is 0 Å². The second-order valence-corrected chi connectivity index (χ2v) is 4.88. The van der Waals surface area contributed by atoms with Gasteiger partial charge in [0.25, 0.3) is 5.91 Å². The van der Waals surface area contributed by atoms with E-state index in [1.165, 1.54) is 0 Å². The minimum atomic E-state index is -3.56. The molecule has 6 heteroatoms. The van der Waals surface area contributed by atoms with E-state index >= 15 is 0 Å². The topological polar surface area (TPSA) is 89.3 Å². The molecule has 0 saturated heterocycles. The molecule has 0 aliphatic heterocycles. The first-order chi connectivity index (χ1) is 6.90. The van der Waals surface area contributed by atoms with E-state index in [-0.39, 0.29) is 0 Å². The molecule has 5 nitrogen and oxygen atoms in total. The molecule has 3 N–H and O–H groups in total. The van der Waals surface area contributed by atoms with Gasteiger partial charge >= 0.3 is 0 Å². The first-order valence-electron chi connectivity index (χ1n) is 4.22. The van der Waals surface area contributed by atoms with Crippen LogP contribution in [0.15, 0.2) is 30.3 Å². The fourth-order valence-electron chi connectivity index (χ4n) is 1.06. The van der Waals surface area contributed by atoms with Gasteiger partial charge in [0.2, 0.25) is 10.0 Å². The molecular weight excluding hydrogens is 216 g/mol. The van der Waals surface area contributed by atoms with Crippen LogP contribution in [0.3, 0.4) is 0 Å². The molecule has 0 saturated carbocycles. The van der Waals surface area contributed by atoms with Gasteiger partial charge in [-0.2, -0.15) is 0 Å². The molecule has 15 heavy (non-hydrogen) atoms. The van der Waals surface area contributed by atoms with Crippen molar-refractivity contribution in [3.63, 3.8) is 0 Å². The molecule has 1 atom stereocenters. The van der Waals surface area contributed by atoms with Crippen molar-refractivity contribution in [3.05, 3.63) is 35.9 Å². The van der Waals surface area contributed by atoms with Crippen LogP contribution in [0.1, 0.15) is 11.6 Å². The second kappa shape index (κ2) is 4.41. The van der Waals surface area contributed by atoms with Crippen molar-refractivity contribution in [2.45, 2.75) is 6.04 Å². The van der Waals surface area contributed by atoms with E-state index in [1.807, 2.05) is 4.72 Å². The summed E-state index contributed by atoms with van der Waals surface area (Å²) in [6.07, 6.45) is 0.905. The average molecular weight is 228 g/mol. The number of sulfonamides is 1. The molecule has 0 bridgehead atoms. The standard InChI is InChI=1S/C9H12N2O3S/c1-15(13,14)11-9(12)8(10)7-5-3-2-4-6-7/h2-6,8H,10H2,1H3,(H,11,12)/t8-/m1/s1. The van der Waals surface area contributed by atoms with Crippen LogP contribution in [0.5, 0.6) is 0 Å². The Hall–Kier alpha value is -1.40. The monoisotopic (exact) mass is 228 g/mol. The SMILES string of the molecule is CS(=O)(=O)NC(=O)[C@H](N)c1ccccc1. The van der Waals surface area contributed by atoms with Crippen LogP contribution in [0, 0.1) is 0 Å². The van der Waals surface area contributed by atoms with E-state index in [4.69, 9.17) is 5.73 Å². The number of carbonyl (C=O) groups excluding carboxylic acids is 1. The Morgan fingerprint density at radius 1 is 1.33 bits per heavy atom. The molecule has 1 aromatic carbocycles. The minimum Gasteiger partial charge on any atom is -0.316 e.